The van der Waals surface area contributed by atoms with Gasteiger partial charge in [-0.1, -0.05) is 12.8 Å². The summed E-state index contributed by atoms with van der Waals surface area (Å²) in [6, 6.07) is 1.21. The van der Waals surface area contributed by atoms with Crippen LogP contribution in [0.3, 0.4) is 0 Å². The van der Waals surface area contributed by atoms with Crippen LogP contribution in [0.2, 0.25) is 0 Å². The first-order valence-electron chi connectivity index (χ1n) is 7.18. The van der Waals surface area contributed by atoms with Crippen LogP contribution in [0.4, 0.5) is 0 Å². The van der Waals surface area contributed by atoms with Gasteiger partial charge in [0.1, 0.15) is 0 Å². The summed E-state index contributed by atoms with van der Waals surface area (Å²) in [4.78, 5) is 2.72. The molecule has 2 aliphatic rings. The predicted molar refractivity (Wildman–Crippen MR) is 69.4 cm³/mol. The first-order chi connectivity index (χ1) is 7.68. The van der Waals surface area contributed by atoms with E-state index in [0.717, 1.165) is 17.9 Å². The Bertz CT molecular complexity index is 201. The minimum atomic E-state index is 0.393. The summed E-state index contributed by atoms with van der Waals surface area (Å²) in [7, 11) is 0. The van der Waals surface area contributed by atoms with Crippen LogP contribution < -0.4 is 5.73 Å². The highest BCUT2D eigenvalue weighted by molar-refractivity contribution is 4.84. The average Bonchev–Trinajstić information content (AvgIpc) is 2.81. The maximum Gasteiger partial charge on any atom is 0.00951 e. The van der Waals surface area contributed by atoms with Crippen LogP contribution >= 0.6 is 0 Å². The lowest BCUT2D eigenvalue weighted by Crippen LogP contribution is -2.45. The second-order valence-corrected chi connectivity index (χ2v) is 6.02. The van der Waals surface area contributed by atoms with Crippen molar-refractivity contribution in [3.63, 3.8) is 0 Å². The average molecular weight is 224 g/mol. The summed E-state index contributed by atoms with van der Waals surface area (Å²) in [5, 5.41) is 0. The smallest absolute Gasteiger partial charge is 0.00951 e. The molecule has 2 rings (SSSR count). The molecule has 0 aromatic carbocycles. The van der Waals surface area contributed by atoms with Gasteiger partial charge in [0.15, 0.2) is 0 Å². The van der Waals surface area contributed by atoms with Gasteiger partial charge in [-0.05, 0) is 64.5 Å². The summed E-state index contributed by atoms with van der Waals surface area (Å²) in [5.74, 6) is 1.75. The van der Waals surface area contributed by atoms with Crippen molar-refractivity contribution in [2.45, 2.75) is 64.5 Å². The molecule has 1 saturated heterocycles. The van der Waals surface area contributed by atoms with Gasteiger partial charge in [-0.2, -0.15) is 0 Å². The molecule has 1 saturated carbocycles. The quantitative estimate of drug-likeness (QED) is 0.798. The minimum absolute atomic E-state index is 0.393. The zero-order valence-electron chi connectivity index (χ0n) is 11.0. The topological polar surface area (TPSA) is 29.3 Å². The van der Waals surface area contributed by atoms with Crippen LogP contribution in [0.25, 0.3) is 0 Å². The number of likely N-dealkylation sites (tertiary alicyclic amines) is 1. The molecule has 2 atom stereocenters. The van der Waals surface area contributed by atoms with Gasteiger partial charge in [-0.3, -0.25) is 0 Å². The Morgan fingerprint density at radius 1 is 0.938 bits per heavy atom. The molecule has 1 aliphatic carbocycles. The van der Waals surface area contributed by atoms with Crippen molar-refractivity contribution >= 4 is 0 Å². The molecule has 2 nitrogen and oxygen atoms in total. The van der Waals surface area contributed by atoms with Crippen molar-refractivity contribution in [2.24, 2.45) is 17.6 Å². The van der Waals surface area contributed by atoms with E-state index >= 15 is 0 Å². The van der Waals surface area contributed by atoms with Gasteiger partial charge in [-0.15, -0.1) is 0 Å². The molecule has 0 aromatic rings. The zero-order chi connectivity index (χ0) is 11.5. The van der Waals surface area contributed by atoms with Crippen molar-refractivity contribution in [1.82, 2.24) is 4.90 Å². The standard InChI is InChI=1S/C14H28N2/c1-11(15)13-7-9-16(10-8-13)12(2)14-5-3-4-6-14/h11-14H,3-10,15H2,1-2H3. The molecule has 0 bridgehead atoms. The third-order valence-electron chi connectivity index (χ3n) is 4.98. The van der Waals surface area contributed by atoms with Gasteiger partial charge in [-0.25, -0.2) is 0 Å². The Hall–Kier alpha value is -0.0800. The number of hydrogen-bond donors (Lipinski definition) is 1. The maximum absolute atomic E-state index is 5.99. The zero-order valence-corrected chi connectivity index (χ0v) is 11.0. The van der Waals surface area contributed by atoms with E-state index in [1.54, 1.807) is 0 Å². The fourth-order valence-electron chi connectivity index (χ4n) is 3.59. The predicted octanol–water partition coefficient (Wildman–Crippen LogP) is 2.62. The first-order valence-corrected chi connectivity index (χ1v) is 7.18. The number of nitrogens with two attached hydrogens (primary N) is 1. The fourth-order valence-corrected chi connectivity index (χ4v) is 3.59. The fraction of sp³-hybridized carbons (Fsp3) is 1.00. The molecular weight excluding hydrogens is 196 g/mol. The van der Waals surface area contributed by atoms with Crippen LogP contribution in [-0.2, 0) is 0 Å². The Balaban J connectivity index is 1.79. The largest absolute Gasteiger partial charge is 0.328 e. The van der Waals surface area contributed by atoms with Crippen molar-refractivity contribution in [2.75, 3.05) is 13.1 Å². The second kappa shape index (κ2) is 5.50. The molecule has 94 valence electrons. The monoisotopic (exact) mass is 224 g/mol. The van der Waals surface area contributed by atoms with E-state index in [0.29, 0.717) is 6.04 Å². The van der Waals surface area contributed by atoms with E-state index in [1.807, 2.05) is 0 Å². The molecule has 2 unspecified atom stereocenters. The van der Waals surface area contributed by atoms with Crippen LogP contribution in [0, 0.1) is 11.8 Å². The highest BCUT2D eigenvalue weighted by Gasteiger charge is 2.29. The van der Waals surface area contributed by atoms with Gasteiger partial charge >= 0.3 is 0 Å². The van der Waals surface area contributed by atoms with Crippen LogP contribution in [0.15, 0.2) is 0 Å². The van der Waals surface area contributed by atoms with E-state index in [1.165, 1.54) is 51.6 Å². The van der Waals surface area contributed by atoms with Crippen molar-refractivity contribution in [3.05, 3.63) is 0 Å². The molecule has 2 N–H and O–H groups in total. The number of hydrogen-bond acceptors (Lipinski definition) is 2. The SMILES string of the molecule is CC(N)C1CCN(C(C)C2CCCC2)CC1. The highest BCUT2D eigenvalue weighted by atomic mass is 15.2. The molecule has 0 aromatic heterocycles. The second-order valence-electron chi connectivity index (χ2n) is 6.02. The van der Waals surface area contributed by atoms with E-state index in [-0.39, 0.29) is 0 Å². The molecule has 1 aliphatic heterocycles. The van der Waals surface area contributed by atoms with E-state index in [9.17, 15) is 0 Å². The van der Waals surface area contributed by atoms with Crippen molar-refractivity contribution < 1.29 is 0 Å². The third kappa shape index (κ3) is 2.78. The maximum atomic E-state index is 5.99. The summed E-state index contributed by atoms with van der Waals surface area (Å²) < 4.78 is 0. The van der Waals surface area contributed by atoms with Crippen LogP contribution in [0.1, 0.15) is 52.4 Å². The normalized spacial score (nSPS) is 29.4. The number of rotatable bonds is 3. The lowest BCUT2D eigenvalue weighted by atomic mass is 9.88. The lowest BCUT2D eigenvalue weighted by molar-refractivity contribution is 0.100. The van der Waals surface area contributed by atoms with E-state index in [4.69, 9.17) is 5.73 Å². The Morgan fingerprint density at radius 2 is 1.50 bits per heavy atom. The molecule has 2 fully saturated rings. The van der Waals surface area contributed by atoms with Gasteiger partial charge in [0.2, 0.25) is 0 Å². The van der Waals surface area contributed by atoms with Crippen LogP contribution in [-0.4, -0.2) is 30.1 Å². The molecular formula is C14H28N2. The third-order valence-corrected chi connectivity index (χ3v) is 4.98. The van der Waals surface area contributed by atoms with Gasteiger partial charge < -0.3 is 10.6 Å². The summed E-state index contributed by atoms with van der Waals surface area (Å²) in [5.41, 5.74) is 5.99. The summed E-state index contributed by atoms with van der Waals surface area (Å²) >= 11 is 0. The van der Waals surface area contributed by atoms with Crippen LogP contribution in [0.5, 0.6) is 0 Å². The Kier molecular flexibility index (Phi) is 4.26. The summed E-state index contributed by atoms with van der Waals surface area (Å²) in [6.07, 6.45) is 8.49. The molecule has 0 amide bonds. The Labute approximate surface area is 101 Å². The number of nitrogens with zero attached hydrogens (tertiary/aromatic N) is 1. The lowest BCUT2D eigenvalue weighted by Gasteiger charge is -2.39. The molecule has 16 heavy (non-hydrogen) atoms. The summed E-state index contributed by atoms with van der Waals surface area (Å²) in [6.45, 7) is 7.18. The molecule has 0 spiro atoms. The molecule has 2 heteroatoms. The van der Waals surface area contributed by atoms with Crippen molar-refractivity contribution in [3.8, 4) is 0 Å². The van der Waals surface area contributed by atoms with E-state index < -0.39 is 0 Å². The highest BCUT2D eigenvalue weighted by Crippen LogP contribution is 2.32. The van der Waals surface area contributed by atoms with Gasteiger partial charge in [0.05, 0.1) is 0 Å². The number of piperidine rings is 1. The van der Waals surface area contributed by atoms with Gasteiger partial charge in [0.25, 0.3) is 0 Å². The first kappa shape index (κ1) is 12.4. The van der Waals surface area contributed by atoms with Gasteiger partial charge in [0, 0.05) is 12.1 Å². The Morgan fingerprint density at radius 3 is 2.00 bits per heavy atom. The minimum Gasteiger partial charge on any atom is -0.328 e. The molecule has 0 radical (unpaired) electrons. The van der Waals surface area contributed by atoms with E-state index in [2.05, 4.69) is 18.7 Å². The van der Waals surface area contributed by atoms with Crippen molar-refractivity contribution in [1.29, 1.82) is 0 Å². The molecule has 1 heterocycles.